The highest BCUT2D eigenvalue weighted by atomic mass is 32.2. The van der Waals surface area contributed by atoms with Crippen molar-refractivity contribution in [2.24, 2.45) is 0 Å². The van der Waals surface area contributed by atoms with Crippen molar-refractivity contribution in [2.75, 3.05) is 12.8 Å². The van der Waals surface area contributed by atoms with E-state index < -0.39 is 10.0 Å². The summed E-state index contributed by atoms with van der Waals surface area (Å²) in [5.41, 5.74) is 1.79. The van der Waals surface area contributed by atoms with Crippen molar-refractivity contribution < 1.29 is 22.2 Å². The first-order chi connectivity index (χ1) is 12.9. The predicted octanol–water partition coefficient (Wildman–Crippen LogP) is 1.93. The number of nitrogens with zero attached hydrogens (tertiary/aromatic N) is 4. The zero-order chi connectivity index (χ0) is 19.0. The summed E-state index contributed by atoms with van der Waals surface area (Å²) >= 11 is 0. The van der Waals surface area contributed by atoms with Gasteiger partial charge < -0.3 is 13.8 Å². The van der Waals surface area contributed by atoms with Crippen molar-refractivity contribution in [2.45, 2.75) is 64.2 Å². The van der Waals surface area contributed by atoms with Crippen LogP contribution in [0.2, 0.25) is 0 Å². The number of ether oxygens (including phenoxy) is 1. The molecule has 0 saturated carbocycles. The van der Waals surface area contributed by atoms with Crippen LogP contribution in [0.15, 0.2) is 9.05 Å². The SMILES string of the molecule is Cc1noc([C@@H]2CC[C@H](CN(Cc3noc4c3CCCC4)S(C)(=O)=O)O2)n1. The number of rotatable bonds is 6. The molecule has 1 aliphatic carbocycles. The first kappa shape index (κ1) is 18.6. The van der Waals surface area contributed by atoms with Crippen LogP contribution in [0.25, 0.3) is 0 Å². The molecule has 2 aliphatic rings. The van der Waals surface area contributed by atoms with Crippen LogP contribution in [0.1, 0.15) is 60.5 Å². The summed E-state index contributed by atoms with van der Waals surface area (Å²) in [5, 5.41) is 7.92. The first-order valence-electron chi connectivity index (χ1n) is 9.27. The van der Waals surface area contributed by atoms with Crippen LogP contribution in [-0.4, -0.2) is 46.9 Å². The Hall–Kier alpha value is -1.78. The molecule has 10 heteroatoms. The van der Waals surface area contributed by atoms with Crippen molar-refractivity contribution >= 4 is 10.0 Å². The molecule has 9 nitrogen and oxygen atoms in total. The Morgan fingerprint density at radius 2 is 1.96 bits per heavy atom. The van der Waals surface area contributed by atoms with E-state index in [0.29, 0.717) is 11.7 Å². The summed E-state index contributed by atoms with van der Waals surface area (Å²) in [6.07, 6.45) is 6.10. The molecular weight excluding hydrogens is 372 g/mol. The fourth-order valence-electron chi connectivity index (χ4n) is 3.75. The minimum atomic E-state index is -3.41. The van der Waals surface area contributed by atoms with Crippen LogP contribution in [-0.2, 0) is 34.1 Å². The molecule has 1 saturated heterocycles. The van der Waals surface area contributed by atoms with Gasteiger partial charge in [0.2, 0.25) is 10.0 Å². The lowest BCUT2D eigenvalue weighted by molar-refractivity contribution is 0.0170. The molecule has 0 aromatic carbocycles. The number of hydrogen-bond donors (Lipinski definition) is 0. The highest BCUT2D eigenvalue weighted by molar-refractivity contribution is 7.88. The van der Waals surface area contributed by atoms with Gasteiger partial charge in [-0.05, 0) is 39.0 Å². The topological polar surface area (TPSA) is 112 Å². The number of aromatic nitrogens is 3. The molecule has 148 valence electrons. The lowest BCUT2D eigenvalue weighted by Crippen LogP contribution is -2.36. The van der Waals surface area contributed by atoms with Gasteiger partial charge in [0.15, 0.2) is 5.82 Å². The zero-order valence-electron chi connectivity index (χ0n) is 15.5. The minimum absolute atomic E-state index is 0.210. The van der Waals surface area contributed by atoms with Gasteiger partial charge in [0.25, 0.3) is 5.89 Å². The van der Waals surface area contributed by atoms with Crippen molar-refractivity contribution in [3.63, 3.8) is 0 Å². The summed E-state index contributed by atoms with van der Waals surface area (Å²) in [5.74, 6) is 1.91. The second-order valence-electron chi connectivity index (χ2n) is 7.30. The second-order valence-corrected chi connectivity index (χ2v) is 9.28. The van der Waals surface area contributed by atoms with Crippen LogP contribution in [0.5, 0.6) is 0 Å². The Labute approximate surface area is 158 Å². The average molecular weight is 396 g/mol. The van der Waals surface area contributed by atoms with Gasteiger partial charge in [-0.1, -0.05) is 10.3 Å². The molecule has 2 aromatic heterocycles. The Morgan fingerprint density at radius 1 is 1.15 bits per heavy atom. The Kier molecular flexibility index (Phi) is 5.04. The summed E-state index contributed by atoms with van der Waals surface area (Å²) in [7, 11) is -3.41. The standard InChI is InChI=1S/C17H24N4O5S/c1-11-18-17(26-19-11)16-8-7-12(24-16)9-21(27(2,22)23)10-14-13-5-3-4-6-15(13)25-20-14/h12,16H,3-10H2,1-2H3/t12-,16+/m1/s1. The van der Waals surface area contributed by atoms with Gasteiger partial charge in [-0.3, -0.25) is 0 Å². The summed E-state index contributed by atoms with van der Waals surface area (Å²) in [6.45, 7) is 2.23. The maximum atomic E-state index is 12.3. The van der Waals surface area contributed by atoms with E-state index in [9.17, 15) is 8.42 Å². The second kappa shape index (κ2) is 7.33. The summed E-state index contributed by atoms with van der Waals surface area (Å²) in [6, 6.07) is 0. The highest BCUT2D eigenvalue weighted by Gasteiger charge is 2.34. The quantitative estimate of drug-likeness (QED) is 0.728. The molecule has 4 rings (SSSR count). The van der Waals surface area contributed by atoms with E-state index in [0.717, 1.165) is 55.5 Å². The van der Waals surface area contributed by atoms with Crippen LogP contribution in [0.4, 0.5) is 0 Å². The maximum absolute atomic E-state index is 12.3. The fourth-order valence-corrected chi connectivity index (χ4v) is 4.54. The van der Waals surface area contributed by atoms with Gasteiger partial charge in [0.05, 0.1) is 18.9 Å². The van der Waals surface area contributed by atoms with E-state index in [2.05, 4.69) is 15.3 Å². The Balaban J connectivity index is 1.45. The minimum Gasteiger partial charge on any atom is -0.364 e. The van der Waals surface area contributed by atoms with E-state index >= 15 is 0 Å². The zero-order valence-corrected chi connectivity index (χ0v) is 16.4. The number of hydrogen-bond acceptors (Lipinski definition) is 8. The third-order valence-electron chi connectivity index (χ3n) is 5.16. The predicted molar refractivity (Wildman–Crippen MR) is 94.3 cm³/mol. The molecule has 1 aliphatic heterocycles. The van der Waals surface area contributed by atoms with E-state index in [-0.39, 0.29) is 25.3 Å². The van der Waals surface area contributed by atoms with E-state index in [1.807, 2.05) is 0 Å². The maximum Gasteiger partial charge on any atom is 0.255 e. The van der Waals surface area contributed by atoms with Crippen LogP contribution in [0.3, 0.4) is 0 Å². The fraction of sp³-hybridized carbons (Fsp3) is 0.706. The van der Waals surface area contributed by atoms with Gasteiger partial charge in [0.1, 0.15) is 17.6 Å². The highest BCUT2D eigenvalue weighted by Crippen LogP contribution is 2.33. The summed E-state index contributed by atoms with van der Waals surface area (Å²) in [4.78, 5) is 4.21. The Bertz CT molecular complexity index is 906. The number of sulfonamides is 1. The molecule has 0 spiro atoms. The van der Waals surface area contributed by atoms with Crippen molar-refractivity contribution in [3.8, 4) is 0 Å². The van der Waals surface area contributed by atoms with E-state index in [1.165, 1.54) is 10.6 Å². The molecular formula is C17H24N4O5S. The van der Waals surface area contributed by atoms with Crippen LogP contribution >= 0.6 is 0 Å². The van der Waals surface area contributed by atoms with Crippen molar-refractivity contribution in [3.05, 3.63) is 28.7 Å². The van der Waals surface area contributed by atoms with Gasteiger partial charge in [-0.15, -0.1) is 0 Å². The van der Waals surface area contributed by atoms with Gasteiger partial charge in [0, 0.05) is 18.5 Å². The molecule has 1 fully saturated rings. The first-order valence-corrected chi connectivity index (χ1v) is 11.1. The normalized spacial score (nSPS) is 23.1. The van der Waals surface area contributed by atoms with E-state index in [1.54, 1.807) is 6.92 Å². The molecule has 0 radical (unpaired) electrons. The van der Waals surface area contributed by atoms with Gasteiger partial charge in [-0.2, -0.15) is 9.29 Å². The van der Waals surface area contributed by atoms with Crippen LogP contribution in [0, 0.1) is 6.92 Å². The molecule has 27 heavy (non-hydrogen) atoms. The molecule has 0 amide bonds. The van der Waals surface area contributed by atoms with Crippen molar-refractivity contribution in [1.29, 1.82) is 0 Å². The Morgan fingerprint density at radius 3 is 2.70 bits per heavy atom. The molecule has 2 aromatic rings. The monoisotopic (exact) mass is 396 g/mol. The molecule has 3 heterocycles. The number of aryl methyl sites for hydroxylation is 2. The van der Waals surface area contributed by atoms with Gasteiger partial charge >= 0.3 is 0 Å². The molecule has 2 atom stereocenters. The van der Waals surface area contributed by atoms with Crippen molar-refractivity contribution in [1.82, 2.24) is 19.6 Å². The third-order valence-corrected chi connectivity index (χ3v) is 6.38. The third kappa shape index (κ3) is 4.07. The lowest BCUT2D eigenvalue weighted by Gasteiger charge is -2.23. The smallest absolute Gasteiger partial charge is 0.255 e. The lowest BCUT2D eigenvalue weighted by atomic mass is 9.96. The summed E-state index contributed by atoms with van der Waals surface area (Å²) < 4.78 is 42.7. The largest absolute Gasteiger partial charge is 0.364 e. The van der Waals surface area contributed by atoms with Gasteiger partial charge in [-0.25, -0.2) is 8.42 Å². The van der Waals surface area contributed by atoms with E-state index in [4.69, 9.17) is 13.8 Å². The molecule has 0 bridgehead atoms. The molecule has 0 unspecified atom stereocenters. The molecule has 0 N–H and O–H groups in total. The average Bonchev–Trinajstić information content (AvgIpc) is 3.34. The number of fused-ring (bicyclic) bond motifs is 1. The van der Waals surface area contributed by atoms with Crippen LogP contribution < -0.4 is 0 Å².